The molecular weight excluding hydrogens is 756 g/mol. The van der Waals surface area contributed by atoms with Crippen molar-refractivity contribution in [1.82, 2.24) is 10.2 Å². The zero-order valence-electron chi connectivity index (χ0n) is 35.0. The molecule has 6 aliphatic rings. The van der Waals surface area contributed by atoms with Crippen LogP contribution in [0.15, 0.2) is 30.3 Å². The average Bonchev–Trinajstić information content (AvgIpc) is 3.52. The predicted molar refractivity (Wildman–Crippen MR) is 216 cm³/mol. The van der Waals surface area contributed by atoms with Gasteiger partial charge in [0.2, 0.25) is 0 Å². The number of benzene rings is 1. The molecule has 1 aromatic carbocycles. The summed E-state index contributed by atoms with van der Waals surface area (Å²) in [6, 6.07) is 8.28. The third-order valence-electron chi connectivity index (χ3n) is 16.9. The molecule has 320 valence electrons. The molecule has 0 spiro atoms. The maximum atomic E-state index is 12.1. The number of carboxylic acid groups (broad SMARTS) is 1. The fourth-order valence-corrected chi connectivity index (χ4v) is 15.3. The second kappa shape index (κ2) is 15.5. The van der Waals surface area contributed by atoms with E-state index in [1.165, 1.54) is 69.6 Å². The predicted octanol–water partition coefficient (Wildman–Crippen LogP) is 7.60. The summed E-state index contributed by atoms with van der Waals surface area (Å²) in [6.45, 7) is 18.5. The molecule has 4 N–H and O–H groups in total. The van der Waals surface area contributed by atoms with E-state index in [1.54, 1.807) is 0 Å². The lowest BCUT2D eigenvalue weighted by Gasteiger charge is -2.72. The quantitative estimate of drug-likeness (QED) is 0.238. The van der Waals surface area contributed by atoms with E-state index in [4.69, 9.17) is 20.4 Å². The number of allylic oxidation sites excluding steroid dienone is 2. The van der Waals surface area contributed by atoms with Crippen molar-refractivity contribution < 1.29 is 41.0 Å². The molecule has 1 heterocycles. The first kappa shape index (κ1) is 44.1. The lowest BCUT2D eigenvalue weighted by Crippen LogP contribution is -2.68. The molecule has 4 saturated carbocycles. The van der Waals surface area contributed by atoms with Crippen LogP contribution in [0.1, 0.15) is 115 Å². The maximum Gasteiger partial charge on any atom is 0.490 e. The molecule has 1 unspecified atom stereocenters. The Morgan fingerprint density at radius 1 is 0.947 bits per heavy atom. The zero-order chi connectivity index (χ0) is 42.0. The number of carbonyl (C=O) groups is 2. The average molecular weight is 822 g/mol. The molecular formula is C44H66F3N3O6S. The van der Waals surface area contributed by atoms with Crippen LogP contribution in [-0.4, -0.2) is 92.9 Å². The van der Waals surface area contributed by atoms with E-state index in [2.05, 4.69) is 70.0 Å². The van der Waals surface area contributed by atoms with Crippen molar-refractivity contribution in [1.29, 1.82) is 0 Å². The van der Waals surface area contributed by atoms with E-state index in [-0.39, 0.29) is 39.2 Å². The van der Waals surface area contributed by atoms with Gasteiger partial charge in [-0.05, 0) is 139 Å². The summed E-state index contributed by atoms with van der Waals surface area (Å²) in [6.07, 6.45) is 8.68. The van der Waals surface area contributed by atoms with E-state index in [9.17, 15) is 26.4 Å². The van der Waals surface area contributed by atoms with Crippen molar-refractivity contribution >= 4 is 27.3 Å². The maximum absolute atomic E-state index is 12.1. The molecule has 5 aliphatic carbocycles. The number of sulfone groups is 1. The number of nitrogens with two attached hydrogens (primary N) is 1. The first-order chi connectivity index (χ1) is 26.5. The van der Waals surface area contributed by atoms with E-state index >= 15 is 0 Å². The molecule has 0 amide bonds. The molecule has 0 radical (unpaired) electrons. The lowest BCUT2D eigenvalue weighted by atomic mass is 9.33. The summed E-state index contributed by atoms with van der Waals surface area (Å²) in [5.41, 5.74) is 11.1. The number of hydrogen-bond donors (Lipinski definition) is 3. The highest BCUT2D eigenvalue weighted by molar-refractivity contribution is 7.91. The number of halogens is 3. The van der Waals surface area contributed by atoms with Crippen molar-refractivity contribution in [3.8, 4) is 0 Å². The van der Waals surface area contributed by atoms with E-state index in [1.807, 2.05) is 12.1 Å². The van der Waals surface area contributed by atoms with Crippen LogP contribution in [0.25, 0.3) is 5.57 Å². The van der Waals surface area contributed by atoms with Gasteiger partial charge in [-0.25, -0.2) is 18.0 Å². The van der Waals surface area contributed by atoms with Crippen LogP contribution in [0.3, 0.4) is 0 Å². The molecule has 0 aromatic heterocycles. The Morgan fingerprint density at radius 3 is 2.16 bits per heavy atom. The highest BCUT2D eigenvalue weighted by Crippen LogP contribution is 2.76. The first-order valence-electron chi connectivity index (χ1n) is 21.1. The second-order valence-electron chi connectivity index (χ2n) is 19.7. The Balaban J connectivity index is 0.000000719. The van der Waals surface area contributed by atoms with Crippen LogP contribution in [0.4, 0.5) is 13.2 Å². The summed E-state index contributed by atoms with van der Waals surface area (Å²) in [4.78, 5) is 23.4. The zero-order valence-corrected chi connectivity index (χ0v) is 35.8. The molecule has 10 atom stereocenters. The van der Waals surface area contributed by atoms with Crippen LogP contribution in [-0.2, 0) is 19.4 Å². The topological polar surface area (TPSA) is 139 Å². The summed E-state index contributed by atoms with van der Waals surface area (Å²) >= 11 is 0. The van der Waals surface area contributed by atoms with Crippen molar-refractivity contribution in [2.45, 2.75) is 117 Å². The number of rotatable bonds is 7. The van der Waals surface area contributed by atoms with Gasteiger partial charge in [-0.1, -0.05) is 52.8 Å². The number of ether oxygens (including phenoxy) is 1. The van der Waals surface area contributed by atoms with E-state index in [0.717, 1.165) is 19.5 Å². The van der Waals surface area contributed by atoms with E-state index < -0.39 is 22.0 Å². The third kappa shape index (κ3) is 7.74. The Morgan fingerprint density at radius 2 is 1.58 bits per heavy atom. The number of esters is 1. The molecule has 0 bridgehead atoms. The monoisotopic (exact) mass is 821 g/mol. The standard InChI is InChI=1S/C42H65N3O4S.C2HF3O2/c1-28(43)31-14-19-42(44-22-23-45-24-26-50(47,48)27-25-45)21-20-40(5)33(36(31)42)12-13-35-39(4)17-15-32(29-8-10-30(11-9-29)37(46)49-7)38(2,3)34(39)16-18-41(35,40)6;3-2(4,5)1(6)7/h8-11,15,28,31,33-36,44H,12-14,16-27,43H2,1-7H3;(H,6,7)/t28?,31-,33+,34-,35+,36+,39-,40+,41+,42-;/m0./s1. The Kier molecular flexibility index (Phi) is 12.0. The summed E-state index contributed by atoms with van der Waals surface area (Å²) in [5, 5.41) is 11.3. The molecule has 1 saturated heterocycles. The van der Waals surface area contributed by atoms with Crippen molar-refractivity contribution in [3.63, 3.8) is 0 Å². The highest BCUT2D eigenvalue weighted by Gasteiger charge is 2.70. The Labute approximate surface area is 338 Å². The number of methoxy groups -OCH3 is 1. The van der Waals surface area contributed by atoms with Gasteiger partial charge in [0.1, 0.15) is 0 Å². The minimum atomic E-state index is -5.08. The SMILES string of the molecule is COC(=O)c1ccc(C2=CC[C@]3(C)[C@H]4CC[C@@H]5[C@H]6[C@H](C(C)N)CC[C@]6(NCCN6CCS(=O)(=O)CC6)CC[C@@]5(C)[C@]4(C)CC[C@H]3C2(C)C)cc1.O=C(O)C(F)(F)F. The molecule has 9 nitrogen and oxygen atoms in total. The van der Waals surface area contributed by atoms with Gasteiger partial charge in [-0.2, -0.15) is 13.2 Å². The van der Waals surface area contributed by atoms with Gasteiger partial charge in [0.15, 0.2) is 9.84 Å². The molecule has 57 heavy (non-hydrogen) atoms. The minimum absolute atomic E-state index is 0.0363. The fourth-order valence-electron chi connectivity index (χ4n) is 14.0. The number of hydrogen-bond acceptors (Lipinski definition) is 8. The third-order valence-corrected chi connectivity index (χ3v) is 18.5. The number of nitrogens with one attached hydrogen (secondary N) is 1. The minimum Gasteiger partial charge on any atom is -0.475 e. The number of carboxylic acids is 1. The Bertz CT molecular complexity index is 1800. The molecule has 7 rings (SSSR count). The largest absolute Gasteiger partial charge is 0.490 e. The summed E-state index contributed by atoms with van der Waals surface area (Å²) in [7, 11) is -1.42. The van der Waals surface area contributed by atoms with Gasteiger partial charge in [-0.3, -0.25) is 0 Å². The summed E-state index contributed by atoms with van der Waals surface area (Å²) < 4.78 is 60.8. The number of alkyl halides is 3. The van der Waals surface area contributed by atoms with Gasteiger partial charge >= 0.3 is 18.1 Å². The van der Waals surface area contributed by atoms with Crippen LogP contribution in [0.5, 0.6) is 0 Å². The number of fused-ring (bicyclic) bond motifs is 7. The van der Waals surface area contributed by atoms with Crippen molar-refractivity contribution in [2.24, 2.45) is 57.0 Å². The Hall–Kier alpha value is -2.48. The van der Waals surface area contributed by atoms with Gasteiger partial charge in [0, 0.05) is 37.8 Å². The second-order valence-corrected chi connectivity index (χ2v) is 22.1. The van der Waals surface area contributed by atoms with Gasteiger partial charge in [-0.15, -0.1) is 0 Å². The van der Waals surface area contributed by atoms with E-state index in [0.29, 0.717) is 59.7 Å². The van der Waals surface area contributed by atoms with Crippen LogP contribution < -0.4 is 11.1 Å². The molecule has 5 fully saturated rings. The normalized spacial score (nSPS) is 38.8. The smallest absolute Gasteiger partial charge is 0.475 e. The van der Waals surface area contributed by atoms with Gasteiger partial charge in [0.25, 0.3) is 0 Å². The van der Waals surface area contributed by atoms with Crippen LogP contribution in [0.2, 0.25) is 0 Å². The highest BCUT2D eigenvalue weighted by atomic mass is 32.2. The number of nitrogens with zero attached hydrogens (tertiary/aromatic N) is 1. The molecule has 1 aromatic rings. The van der Waals surface area contributed by atoms with Crippen molar-refractivity contribution in [2.75, 3.05) is 44.8 Å². The van der Waals surface area contributed by atoms with Crippen LogP contribution >= 0.6 is 0 Å². The number of aliphatic carboxylic acids is 1. The molecule has 1 aliphatic heterocycles. The van der Waals surface area contributed by atoms with Gasteiger partial charge < -0.3 is 25.8 Å². The fraction of sp³-hybridized carbons (Fsp3) is 0.773. The summed E-state index contributed by atoms with van der Waals surface area (Å²) in [5.74, 6) is 0.641. The van der Waals surface area contributed by atoms with Gasteiger partial charge in [0.05, 0.1) is 24.2 Å². The lowest BCUT2D eigenvalue weighted by molar-refractivity contribution is -0.220. The van der Waals surface area contributed by atoms with Crippen LogP contribution in [0, 0.1) is 51.2 Å². The van der Waals surface area contributed by atoms with Crippen molar-refractivity contribution in [3.05, 3.63) is 41.5 Å². The molecule has 13 heteroatoms. The first-order valence-corrected chi connectivity index (χ1v) is 22.9. The number of carbonyl (C=O) groups excluding carboxylic acids is 1.